The summed E-state index contributed by atoms with van der Waals surface area (Å²) in [6, 6.07) is 5.20. The quantitative estimate of drug-likeness (QED) is 0.572. The van der Waals surface area contributed by atoms with Crippen LogP contribution in [0.3, 0.4) is 0 Å². The van der Waals surface area contributed by atoms with Crippen LogP contribution in [-0.4, -0.2) is 58.3 Å². The van der Waals surface area contributed by atoms with E-state index in [9.17, 15) is 18.0 Å². The Morgan fingerprint density at radius 1 is 1.03 bits per heavy atom. The number of fused-ring (bicyclic) bond motifs is 1. The fraction of sp³-hybridized carbons (Fsp3) is 0.400. The Hall–Kier alpha value is -3.37. The molecule has 1 aromatic carbocycles. The predicted molar refractivity (Wildman–Crippen MR) is 108 cm³/mol. The van der Waals surface area contributed by atoms with Gasteiger partial charge in [-0.3, -0.25) is 4.79 Å². The third kappa shape index (κ3) is 4.39. The van der Waals surface area contributed by atoms with Gasteiger partial charge in [-0.15, -0.1) is 0 Å². The van der Waals surface area contributed by atoms with Crippen molar-refractivity contribution in [1.29, 1.82) is 0 Å². The average molecular weight is 434 g/mol. The van der Waals surface area contributed by atoms with Crippen molar-refractivity contribution in [2.24, 2.45) is 0 Å². The predicted octanol–water partition coefficient (Wildman–Crippen LogP) is 2.73. The van der Waals surface area contributed by atoms with Crippen LogP contribution in [0.5, 0.6) is 0 Å². The molecule has 3 aromatic rings. The van der Waals surface area contributed by atoms with Gasteiger partial charge in [-0.25, -0.2) is 15.0 Å². The number of halogens is 3. The number of nitrogens with zero attached hydrogens (tertiary/aromatic N) is 6. The number of anilines is 2. The summed E-state index contributed by atoms with van der Waals surface area (Å²) in [6.07, 6.45) is -1.37. The molecular weight excluding hydrogens is 413 g/mol. The number of benzene rings is 1. The third-order valence-electron chi connectivity index (χ3n) is 5.13. The highest BCUT2D eigenvalue weighted by molar-refractivity contribution is 5.84. The number of carbonyl (C=O) groups excluding carboxylic acids is 1. The standard InChI is InChI=1S/C20H21F3N6O2/c1-2-31-16(30)11-29-13-26-17-18(24-12-25-19(17)29)28-9-7-27(8-10-28)15-5-3-14(4-6-15)20(21,22)23/h3-6,12-13H,2,7-11H2,1H3. The van der Waals surface area contributed by atoms with Crippen LogP contribution >= 0.6 is 0 Å². The Bertz CT molecular complexity index is 1060. The van der Waals surface area contributed by atoms with E-state index in [0.717, 1.165) is 17.8 Å². The first-order chi connectivity index (χ1) is 14.9. The van der Waals surface area contributed by atoms with Gasteiger partial charge >= 0.3 is 12.1 Å². The van der Waals surface area contributed by atoms with Crippen LogP contribution in [0.1, 0.15) is 12.5 Å². The number of rotatable bonds is 5. The molecule has 1 fully saturated rings. The molecule has 0 radical (unpaired) electrons. The zero-order valence-electron chi connectivity index (χ0n) is 16.8. The van der Waals surface area contributed by atoms with Crippen molar-refractivity contribution in [1.82, 2.24) is 19.5 Å². The summed E-state index contributed by atoms with van der Waals surface area (Å²) in [6.45, 7) is 4.56. The molecule has 1 saturated heterocycles. The Labute approximate surface area is 176 Å². The van der Waals surface area contributed by atoms with E-state index in [1.54, 1.807) is 11.5 Å². The van der Waals surface area contributed by atoms with Gasteiger partial charge in [-0.2, -0.15) is 13.2 Å². The second-order valence-corrected chi connectivity index (χ2v) is 7.07. The van der Waals surface area contributed by atoms with Gasteiger partial charge in [0.2, 0.25) is 0 Å². The van der Waals surface area contributed by atoms with E-state index in [1.165, 1.54) is 24.8 Å². The Balaban J connectivity index is 1.46. The largest absolute Gasteiger partial charge is 0.465 e. The highest BCUT2D eigenvalue weighted by Crippen LogP contribution is 2.31. The van der Waals surface area contributed by atoms with E-state index in [2.05, 4.69) is 19.9 Å². The number of esters is 1. The topological polar surface area (TPSA) is 76.4 Å². The van der Waals surface area contributed by atoms with Crippen LogP contribution in [0.15, 0.2) is 36.9 Å². The number of imidazole rings is 1. The molecule has 1 aliphatic heterocycles. The molecule has 1 aliphatic rings. The molecule has 8 nitrogen and oxygen atoms in total. The molecule has 0 atom stereocenters. The molecule has 2 aromatic heterocycles. The average Bonchev–Trinajstić information content (AvgIpc) is 3.16. The molecule has 0 N–H and O–H groups in total. The lowest BCUT2D eigenvalue weighted by molar-refractivity contribution is -0.143. The molecule has 0 amide bonds. The van der Waals surface area contributed by atoms with Crippen LogP contribution in [0.2, 0.25) is 0 Å². The second-order valence-electron chi connectivity index (χ2n) is 7.07. The molecule has 164 valence electrons. The lowest BCUT2D eigenvalue weighted by Gasteiger charge is -2.36. The number of alkyl halides is 3. The maximum atomic E-state index is 12.8. The Kier molecular flexibility index (Phi) is 5.66. The molecule has 31 heavy (non-hydrogen) atoms. The van der Waals surface area contributed by atoms with Gasteiger partial charge in [-0.1, -0.05) is 0 Å². The molecule has 0 saturated carbocycles. The van der Waals surface area contributed by atoms with Crippen LogP contribution in [0.25, 0.3) is 11.2 Å². The van der Waals surface area contributed by atoms with Gasteiger partial charge in [0.05, 0.1) is 18.5 Å². The minimum Gasteiger partial charge on any atom is -0.465 e. The normalized spacial score (nSPS) is 14.8. The highest BCUT2D eigenvalue weighted by atomic mass is 19.4. The van der Waals surface area contributed by atoms with Crippen LogP contribution in [0.4, 0.5) is 24.7 Å². The summed E-state index contributed by atoms with van der Waals surface area (Å²) in [4.78, 5) is 28.9. The Morgan fingerprint density at radius 2 is 1.71 bits per heavy atom. The lowest BCUT2D eigenvalue weighted by atomic mass is 10.1. The zero-order valence-corrected chi connectivity index (χ0v) is 16.8. The Morgan fingerprint density at radius 3 is 2.35 bits per heavy atom. The monoisotopic (exact) mass is 434 g/mol. The number of hydrogen-bond donors (Lipinski definition) is 0. The molecule has 0 aliphatic carbocycles. The number of ether oxygens (including phenoxy) is 1. The van der Waals surface area contributed by atoms with Gasteiger partial charge < -0.3 is 19.1 Å². The van der Waals surface area contributed by atoms with Crippen molar-refractivity contribution in [2.45, 2.75) is 19.6 Å². The number of carbonyl (C=O) groups is 1. The zero-order chi connectivity index (χ0) is 22.0. The van der Waals surface area contributed by atoms with Gasteiger partial charge in [0.1, 0.15) is 12.9 Å². The fourth-order valence-corrected chi connectivity index (χ4v) is 3.60. The second kappa shape index (κ2) is 8.40. The summed E-state index contributed by atoms with van der Waals surface area (Å²) in [7, 11) is 0. The number of hydrogen-bond acceptors (Lipinski definition) is 7. The maximum absolute atomic E-state index is 12.8. The maximum Gasteiger partial charge on any atom is 0.416 e. The summed E-state index contributed by atoms with van der Waals surface area (Å²) < 4.78 is 44.9. The van der Waals surface area contributed by atoms with E-state index in [4.69, 9.17) is 4.74 Å². The van der Waals surface area contributed by atoms with Crippen molar-refractivity contribution in [3.63, 3.8) is 0 Å². The smallest absolute Gasteiger partial charge is 0.416 e. The number of aromatic nitrogens is 4. The van der Waals surface area contributed by atoms with Crippen molar-refractivity contribution < 1.29 is 22.7 Å². The molecule has 0 spiro atoms. The summed E-state index contributed by atoms with van der Waals surface area (Å²) >= 11 is 0. The number of piperazine rings is 1. The first-order valence-corrected chi connectivity index (χ1v) is 9.85. The van der Waals surface area contributed by atoms with E-state index in [0.29, 0.717) is 49.8 Å². The fourth-order valence-electron chi connectivity index (χ4n) is 3.60. The SMILES string of the molecule is CCOC(=O)Cn1cnc2c(N3CCN(c4ccc(C(F)(F)F)cc4)CC3)ncnc21. The van der Waals surface area contributed by atoms with Gasteiger partial charge in [0, 0.05) is 31.9 Å². The minimum atomic E-state index is -4.34. The molecular formula is C20H21F3N6O2. The minimum absolute atomic E-state index is 0.0164. The molecule has 0 bridgehead atoms. The first kappa shape index (κ1) is 20.9. The van der Waals surface area contributed by atoms with Gasteiger partial charge in [-0.05, 0) is 31.2 Å². The van der Waals surface area contributed by atoms with Crippen LogP contribution < -0.4 is 9.80 Å². The lowest BCUT2D eigenvalue weighted by Crippen LogP contribution is -2.47. The third-order valence-corrected chi connectivity index (χ3v) is 5.13. The molecule has 0 unspecified atom stereocenters. The van der Waals surface area contributed by atoms with E-state index in [-0.39, 0.29) is 12.5 Å². The van der Waals surface area contributed by atoms with Crippen LogP contribution in [0, 0.1) is 0 Å². The van der Waals surface area contributed by atoms with E-state index < -0.39 is 11.7 Å². The first-order valence-electron chi connectivity index (χ1n) is 9.85. The van der Waals surface area contributed by atoms with Crippen molar-refractivity contribution in [3.05, 3.63) is 42.5 Å². The summed E-state index contributed by atoms with van der Waals surface area (Å²) in [5.74, 6) is 0.298. The van der Waals surface area contributed by atoms with Crippen LogP contribution in [-0.2, 0) is 22.3 Å². The van der Waals surface area contributed by atoms with Crippen molar-refractivity contribution in [3.8, 4) is 0 Å². The van der Waals surface area contributed by atoms with Gasteiger partial charge in [0.15, 0.2) is 17.0 Å². The van der Waals surface area contributed by atoms with Crippen molar-refractivity contribution >= 4 is 28.6 Å². The van der Waals surface area contributed by atoms with E-state index in [1.807, 2.05) is 4.90 Å². The molecule has 3 heterocycles. The summed E-state index contributed by atoms with van der Waals surface area (Å²) in [5.41, 5.74) is 1.23. The molecule has 4 rings (SSSR count). The summed E-state index contributed by atoms with van der Waals surface area (Å²) in [5, 5.41) is 0. The molecule has 11 heteroatoms. The van der Waals surface area contributed by atoms with Crippen molar-refractivity contribution in [2.75, 3.05) is 42.6 Å². The van der Waals surface area contributed by atoms with Gasteiger partial charge in [0.25, 0.3) is 0 Å². The van der Waals surface area contributed by atoms with E-state index >= 15 is 0 Å². The highest BCUT2D eigenvalue weighted by Gasteiger charge is 2.30.